The van der Waals surface area contributed by atoms with E-state index in [0.29, 0.717) is 19.1 Å². The number of carbonyl (C=O) groups is 2. The Morgan fingerprint density at radius 3 is 2.37 bits per heavy atom. The molecule has 0 spiro atoms. The van der Waals surface area contributed by atoms with E-state index in [1.165, 1.54) is 0 Å². The fourth-order valence-electron chi connectivity index (χ4n) is 3.15. The van der Waals surface area contributed by atoms with Crippen molar-refractivity contribution in [3.8, 4) is 0 Å². The number of guanidine groups is 1. The number of hydrogen-bond donors (Lipinski definition) is 3. The number of nitrogens with one attached hydrogen (secondary N) is 3. The summed E-state index contributed by atoms with van der Waals surface area (Å²) in [6.45, 7) is 9.45. The first-order chi connectivity index (χ1) is 13.0. The number of ether oxygens (including phenoxy) is 1. The topological polar surface area (TPSA) is 95.1 Å². The summed E-state index contributed by atoms with van der Waals surface area (Å²) in [5.41, 5.74) is 0. The quantitative estimate of drug-likeness (QED) is 0.294. The molecule has 3 N–H and O–H groups in total. The smallest absolute Gasteiger partial charge is 0.241 e. The SMILES string of the molecule is CCNC(=NCC(=O)NCCOC)NC1CCN(C(=O)C(CC)CC)CC1. The van der Waals surface area contributed by atoms with Crippen molar-refractivity contribution in [2.75, 3.05) is 46.4 Å². The van der Waals surface area contributed by atoms with Crippen LogP contribution in [0.1, 0.15) is 46.5 Å². The molecular weight excluding hydrogens is 346 g/mol. The highest BCUT2D eigenvalue weighted by Crippen LogP contribution is 2.17. The van der Waals surface area contributed by atoms with Gasteiger partial charge in [0.1, 0.15) is 6.54 Å². The highest BCUT2D eigenvalue weighted by Gasteiger charge is 2.26. The molecule has 1 saturated heterocycles. The Morgan fingerprint density at radius 1 is 1.15 bits per heavy atom. The van der Waals surface area contributed by atoms with Gasteiger partial charge in [0.15, 0.2) is 5.96 Å². The Labute approximate surface area is 163 Å². The molecule has 0 saturated carbocycles. The van der Waals surface area contributed by atoms with Crippen LogP contribution in [0.15, 0.2) is 4.99 Å². The Balaban J connectivity index is 2.46. The third-order valence-corrected chi connectivity index (χ3v) is 4.84. The lowest BCUT2D eigenvalue weighted by molar-refractivity contribution is -0.136. The van der Waals surface area contributed by atoms with Crippen molar-refractivity contribution in [2.24, 2.45) is 10.9 Å². The van der Waals surface area contributed by atoms with Gasteiger partial charge in [-0.05, 0) is 32.6 Å². The normalized spacial score (nSPS) is 15.7. The summed E-state index contributed by atoms with van der Waals surface area (Å²) < 4.78 is 4.91. The molecule has 8 heteroatoms. The lowest BCUT2D eigenvalue weighted by Crippen LogP contribution is -2.50. The van der Waals surface area contributed by atoms with Gasteiger partial charge in [0.25, 0.3) is 0 Å². The monoisotopic (exact) mass is 383 g/mol. The lowest BCUT2D eigenvalue weighted by Gasteiger charge is -2.34. The molecule has 1 aliphatic heterocycles. The zero-order chi connectivity index (χ0) is 20.1. The Hall–Kier alpha value is -1.83. The fourth-order valence-corrected chi connectivity index (χ4v) is 3.15. The predicted octanol–water partition coefficient (Wildman–Crippen LogP) is 0.731. The van der Waals surface area contributed by atoms with Gasteiger partial charge in [0.2, 0.25) is 11.8 Å². The van der Waals surface area contributed by atoms with Crippen LogP contribution < -0.4 is 16.0 Å². The van der Waals surface area contributed by atoms with Crippen LogP contribution >= 0.6 is 0 Å². The van der Waals surface area contributed by atoms with E-state index in [4.69, 9.17) is 4.74 Å². The third-order valence-electron chi connectivity index (χ3n) is 4.84. The number of piperidine rings is 1. The first-order valence-corrected chi connectivity index (χ1v) is 10.1. The number of amides is 2. The van der Waals surface area contributed by atoms with Crippen LogP contribution in [0.3, 0.4) is 0 Å². The molecule has 2 amide bonds. The molecule has 1 fully saturated rings. The van der Waals surface area contributed by atoms with Crippen LogP contribution in [0, 0.1) is 5.92 Å². The van der Waals surface area contributed by atoms with Crippen molar-refractivity contribution >= 4 is 17.8 Å². The zero-order valence-corrected chi connectivity index (χ0v) is 17.3. The van der Waals surface area contributed by atoms with E-state index in [-0.39, 0.29) is 30.3 Å². The summed E-state index contributed by atoms with van der Waals surface area (Å²) in [6, 6.07) is 0.255. The molecule has 8 nitrogen and oxygen atoms in total. The molecule has 0 aromatic rings. The van der Waals surface area contributed by atoms with Crippen molar-refractivity contribution in [2.45, 2.75) is 52.5 Å². The molecule has 156 valence electrons. The largest absolute Gasteiger partial charge is 0.383 e. The molecule has 0 radical (unpaired) electrons. The molecule has 0 unspecified atom stereocenters. The summed E-state index contributed by atoms with van der Waals surface area (Å²) in [5, 5.41) is 9.32. The van der Waals surface area contributed by atoms with E-state index in [0.717, 1.165) is 45.3 Å². The third kappa shape index (κ3) is 8.60. The molecule has 1 rings (SSSR count). The second-order valence-electron chi connectivity index (χ2n) is 6.80. The van der Waals surface area contributed by atoms with Crippen LogP contribution in [0.5, 0.6) is 0 Å². The van der Waals surface area contributed by atoms with Crippen molar-refractivity contribution < 1.29 is 14.3 Å². The number of methoxy groups -OCH3 is 1. The van der Waals surface area contributed by atoms with Crippen LogP contribution in [-0.2, 0) is 14.3 Å². The number of carbonyl (C=O) groups excluding carboxylic acids is 2. The Kier molecular flexibility index (Phi) is 11.5. The van der Waals surface area contributed by atoms with E-state index in [9.17, 15) is 9.59 Å². The summed E-state index contributed by atoms with van der Waals surface area (Å²) >= 11 is 0. The minimum atomic E-state index is -0.130. The van der Waals surface area contributed by atoms with Crippen LogP contribution in [0.25, 0.3) is 0 Å². The first-order valence-electron chi connectivity index (χ1n) is 10.1. The average Bonchev–Trinajstić information content (AvgIpc) is 2.68. The van der Waals surface area contributed by atoms with Gasteiger partial charge in [-0.3, -0.25) is 9.59 Å². The number of rotatable bonds is 10. The summed E-state index contributed by atoms with van der Waals surface area (Å²) in [6.07, 6.45) is 3.57. The maximum absolute atomic E-state index is 12.5. The fraction of sp³-hybridized carbons (Fsp3) is 0.842. The molecule has 0 bridgehead atoms. The predicted molar refractivity (Wildman–Crippen MR) is 108 cm³/mol. The highest BCUT2D eigenvalue weighted by molar-refractivity contribution is 5.85. The van der Waals surface area contributed by atoms with Crippen molar-refractivity contribution in [1.82, 2.24) is 20.9 Å². The van der Waals surface area contributed by atoms with E-state index in [2.05, 4.69) is 34.8 Å². The standard InChI is InChI=1S/C19H37N5O3/c1-5-15(6-2)18(26)24-11-8-16(9-12-24)23-19(20-7-3)22-14-17(25)21-10-13-27-4/h15-16H,5-14H2,1-4H3,(H,21,25)(H2,20,22,23). The van der Waals surface area contributed by atoms with E-state index in [1.54, 1.807) is 7.11 Å². The second-order valence-corrected chi connectivity index (χ2v) is 6.80. The zero-order valence-electron chi connectivity index (χ0n) is 17.3. The summed E-state index contributed by atoms with van der Waals surface area (Å²) in [5.74, 6) is 0.941. The molecule has 1 heterocycles. The van der Waals surface area contributed by atoms with Gasteiger partial charge in [-0.15, -0.1) is 0 Å². The maximum Gasteiger partial charge on any atom is 0.241 e. The molecule has 0 aliphatic carbocycles. The van der Waals surface area contributed by atoms with Crippen molar-refractivity contribution in [3.63, 3.8) is 0 Å². The van der Waals surface area contributed by atoms with Gasteiger partial charge < -0.3 is 25.6 Å². The molecule has 0 aromatic carbocycles. The molecule has 0 aromatic heterocycles. The number of hydrogen-bond acceptors (Lipinski definition) is 4. The number of aliphatic imine (C=N–C) groups is 1. The van der Waals surface area contributed by atoms with Crippen LogP contribution in [0.2, 0.25) is 0 Å². The van der Waals surface area contributed by atoms with Crippen molar-refractivity contribution in [1.29, 1.82) is 0 Å². The van der Waals surface area contributed by atoms with Gasteiger partial charge >= 0.3 is 0 Å². The van der Waals surface area contributed by atoms with Gasteiger partial charge in [-0.2, -0.15) is 0 Å². The van der Waals surface area contributed by atoms with Crippen LogP contribution in [-0.4, -0.2) is 75.2 Å². The van der Waals surface area contributed by atoms with Crippen molar-refractivity contribution in [3.05, 3.63) is 0 Å². The first kappa shape index (κ1) is 23.2. The lowest BCUT2D eigenvalue weighted by atomic mass is 9.98. The second kappa shape index (κ2) is 13.4. The van der Waals surface area contributed by atoms with Gasteiger partial charge in [0, 0.05) is 45.2 Å². The minimum absolute atomic E-state index is 0.0745. The molecule has 1 aliphatic rings. The van der Waals surface area contributed by atoms with E-state index < -0.39 is 0 Å². The maximum atomic E-state index is 12.5. The summed E-state index contributed by atoms with van der Waals surface area (Å²) in [4.78, 5) is 30.6. The number of likely N-dealkylation sites (tertiary alicyclic amines) is 1. The van der Waals surface area contributed by atoms with E-state index in [1.807, 2.05) is 11.8 Å². The Morgan fingerprint density at radius 2 is 1.81 bits per heavy atom. The van der Waals surface area contributed by atoms with Gasteiger partial charge in [-0.1, -0.05) is 13.8 Å². The highest BCUT2D eigenvalue weighted by atomic mass is 16.5. The molecule has 0 atom stereocenters. The van der Waals surface area contributed by atoms with Gasteiger partial charge in [0.05, 0.1) is 6.61 Å². The molecule has 27 heavy (non-hydrogen) atoms. The summed E-state index contributed by atoms with van der Waals surface area (Å²) in [7, 11) is 1.60. The Bertz CT molecular complexity index is 472. The average molecular weight is 384 g/mol. The van der Waals surface area contributed by atoms with Gasteiger partial charge in [-0.25, -0.2) is 4.99 Å². The number of nitrogens with zero attached hydrogens (tertiary/aromatic N) is 2. The van der Waals surface area contributed by atoms with E-state index >= 15 is 0 Å². The minimum Gasteiger partial charge on any atom is -0.383 e. The van der Waals surface area contributed by atoms with Crippen LogP contribution in [0.4, 0.5) is 0 Å². The molecular formula is C19H37N5O3.